The van der Waals surface area contributed by atoms with Crippen molar-refractivity contribution < 1.29 is 14.3 Å². The summed E-state index contributed by atoms with van der Waals surface area (Å²) >= 11 is 5.34. The lowest BCUT2D eigenvalue weighted by molar-refractivity contribution is -0.118. The number of halogens is 1. The summed E-state index contributed by atoms with van der Waals surface area (Å²) in [7, 11) is 0. The van der Waals surface area contributed by atoms with Crippen LogP contribution in [0.3, 0.4) is 0 Å². The Balaban J connectivity index is 2.45. The first-order valence-electron chi connectivity index (χ1n) is 4.69. The monoisotopic (exact) mass is 228 g/mol. The van der Waals surface area contributed by atoms with Gasteiger partial charge in [0, 0.05) is 0 Å². The predicted octanol–water partition coefficient (Wildman–Crippen LogP) is 2.27. The number of hydrogen-bond donors (Lipinski definition) is 0. The maximum Gasteiger partial charge on any atom is 0.184 e. The Morgan fingerprint density at radius 1 is 1.20 bits per heavy atom. The average Bonchev–Trinajstić information content (AvgIpc) is 2.28. The van der Waals surface area contributed by atoms with E-state index >= 15 is 0 Å². The Labute approximate surface area is 93.9 Å². The van der Waals surface area contributed by atoms with Crippen molar-refractivity contribution in [2.45, 2.75) is 6.92 Å². The summed E-state index contributed by atoms with van der Waals surface area (Å²) in [5.41, 5.74) is 0. The van der Waals surface area contributed by atoms with Crippen LogP contribution in [0.4, 0.5) is 0 Å². The van der Waals surface area contributed by atoms with Gasteiger partial charge in [-0.25, -0.2) is 0 Å². The summed E-state index contributed by atoms with van der Waals surface area (Å²) < 4.78 is 10.5. The highest BCUT2D eigenvalue weighted by Crippen LogP contribution is 2.17. The fourth-order valence-corrected chi connectivity index (χ4v) is 1.08. The second kappa shape index (κ2) is 6.30. The van der Waals surface area contributed by atoms with Crippen molar-refractivity contribution in [3.05, 3.63) is 24.3 Å². The molecule has 0 unspecified atom stereocenters. The van der Waals surface area contributed by atoms with E-state index in [9.17, 15) is 4.79 Å². The number of alkyl halides is 1. The molecule has 15 heavy (non-hydrogen) atoms. The highest BCUT2D eigenvalue weighted by molar-refractivity contribution is 6.27. The van der Waals surface area contributed by atoms with E-state index in [0.29, 0.717) is 12.4 Å². The minimum Gasteiger partial charge on any atom is -0.494 e. The third-order valence-corrected chi connectivity index (χ3v) is 1.98. The number of rotatable bonds is 6. The lowest BCUT2D eigenvalue weighted by Gasteiger charge is -2.06. The third kappa shape index (κ3) is 4.21. The Morgan fingerprint density at radius 2 is 1.73 bits per heavy atom. The van der Waals surface area contributed by atoms with Gasteiger partial charge in [0.2, 0.25) is 0 Å². The van der Waals surface area contributed by atoms with E-state index in [-0.39, 0.29) is 18.3 Å². The molecule has 1 aromatic rings. The van der Waals surface area contributed by atoms with Crippen LogP contribution in [0.25, 0.3) is 0 Å². The number of Topliss-reactive ketones (excluding diaryl/α,β-unsaturated/α-hetero) is 1. The second-order valence-electron chi connectivity index (χ2n) is 2.87. The molecule has 3 nitrogen and oxygen atoms in total. The largest absolute Gasteiger partial charge is 0.494 e. The zero-order valence-corrected chi connectivity index (χ0v) is 9.29. The van der Waals surface area contributed by atoms with Crippen LogP contribution in [0.1, 0.15) is 6.92 Å². The maximum atomic E-state index is 10.9. The highest BCUT2D eigenvalue weighted by Gasteiger charge is 2.01. The van der Waals surface area contributed by atoms with Crippen molar-refractivity contribution in [1.29, 1.82) is 0 Å². The quantitative estimate of drug-likeness (QED) is 0.701. The van der Waals surface area contributed by atoms with Gasteiger partial charge in [0.25, 0.3) is 0 Å². The van der Waals surface area contributed by atoms with Gasteiger partial charge in [-0.3, -0.25) is 4.79 Å². The van der Waals surface area contributed by atoms with Gasteiger partial charge in [-0.1, -0.05) is 0 Å². The summed E-state index contributed by atoms with van der Waals surface area (Å²) in [5.74, 6) is 1.27. The number of ether oxygens (including phenoxy) is 2. The lowest BCUT2D eigenvalue weighted by atomic mass is 10.3. The molecule has 0 radical (unpaired) electrons. The molecular formula is C11H13ClO3. The lowest BCUT2D eigenvalue weighted by Crippen LogP contribution is -2.11. The first-order chi connectivity index (χ1) is 7.26. The van der Waals surface area contributed by atoms with Crippen LogP contribution in [0, 0.1) is 0 Å². The molecule has 0 amide bonds. The van der Waals surface area contributed by atoms with Crippen LogP contribution < -0.4 is 9.47 Å². The van der Waals surface area contributed by atoms with Gasteiger partial charge in [0.05, 0.1) is 12.5 Å². The molecule has 0 spiro atoms. The fourth-order valence-electron chi connectivity index (χ4n) is 1.00. The normalized spacial score (nSPS) is 9.73. The first-order valence-corrected chi connectivity index (χ1v) is 5.23. The zero-order valence-electron chi connectivity index (χ0n) is 8.53. The van der Waals surface area contributed by atoms with Crippen LogP contribution >= 0.6 is 11.6 Å². The number of ketones is 1. The number of carbonyl (C=O) groups is 1. The van der Waals surface area contributed by atoms with Crippen molar-refractivity contribution >= 4 is 17.4 Å². The minimum absolute atomic E-state index is 0.0114. The van der Waals surface area contributed by atoms with E-state index in [4.69, 9.17) is 21.1 Å². The molecule has 0 aliphatic carbocycles. The molecule has 1 rings (SSSR count). The number of carbonyl (C=O) groups excluding carboxylic acids is 1. The summed E-state index contributed by atoms with van der Waals surface area (Å²) in [6, 6.07) is 7.10. The first kappa shape index (κ1) is 11.9. The Hall–Kier alpha value is -1.22. The van der Waals surface area contributed by atoms with Gasteiger partial charge in [-0.15, -0.1) is 11.6 Å². The van der Waals surface area contributed by atoms with E-state index in [1.807, 2.05) is 6.92 Å². The second-order valence-corrected chi connectivity index (χ2v) is 3.13. The van der Waals surface area contributed by atoms with E-state index in [2.05, 4.69) is 0 Å². The SMILES string of the molecule is CCOc1ccc(OCC(=O)CCl)cc1. The van der Waals surface area contributed by atoms with Crippen LogP contribution in [-0.4, -0.2) is 24.9 Å². The molecule has 1 aromatic carbocycles. The van der Waals surface area contributed by atoms with Crippen LogP contribution in [0.15, 0.2) is 24.3 Å². The standard InChI is InChI=1S/C11H13ClO3/c1-2-14-10-3-5-11(6-4-10)15-8-9(13)7-12/h3-6H,2,7-8H2,1H3. The van der Waals surface area contributed by atoms with Gasteiger partial charge in [-0.05, 0) is 31.2 Å². The molecule has 82 valence electrons. The number of benzene rings is 1. The Morgan fingerprint density at radius 3 is 2.20 bits per heavy atom. The van der Waals surface area contributed by atoms with Crippen molar-refractivity contribution in [3.63, 3.8) is 0 Å². The topological polar surface area (TPSA) is 35.5 Å². The van der Waals surface area contributed by atoms with E-state index in [0.717, 1.165) is 5.75 Å². The van der Waals surface area contributed by atoms with Crippen molar-refractivity contribution in [2.24, 2.45) is 0 Å². The molecule has 0 N–H and O–H groups in total. The molecule has 0 fully saturated rings. The van der Waals surface area contributed by atoms with Crippen LogP contribution in [0.2, 0.25) is 0 Å². The predicted molar refractivity (Wildman–Crippen MR) is 58.8 cm³/mol. The minimum atomic E-state index is -0.134. The fraction of sp³-hybridized carbons (Fsp3) is 0.364. The summed E-state index contributed by atoms with van der Waals surface area (Å²) in [6.07, 6.45) is 0. The molecule has 0 saturated carbocycles. The van der Waals surface area contributed by atoms with Crippen molar-refractivity contribution in [2.75, 3.05) is 19.1 Å². The van der Waals surface area contributed by atoms with Gasteiger partial charge < -0.3 is 9.47 Å². The molecular weight excluding hydrogens is 216 g/mol. The molecule has 0 atom stereocenters. The molecule has 0 heterocycles. The smallest absolute Gasteiger partial charge is 0.184 e. The summed E-state index contributed by atoms with van der Waals surface area (Å²) in [6.45, 7) is 2.56. The van der Waals surface area contributed by atoms with Crippen molar-refractivity contribution in [3.8, 4) is 11.5 Å². The molecule has 0 aromatic heterocycles. The third-order valence-electron chi connectivity index (χ3n) is 1.68. The van der Waals surface area contributed by atoms with Gasteiger partial charge in [-0.2, -0.15) is 0 Å². The van der Waals surface area contributed by atoms with Crippen LogP contribution in [0.5, 0.6) is 11.5 Å². The van der Waals surface area contributed by atoms with Crippen molar-refractivity contribution in [1.82, 2.24) is 0 Å². The van der Waals surface area contributed by atoms with E-state index in [1.165, 1.54) is 0 Å². The van der Waals surface area contributed by atoms with Gasteiger partial charge >= 0.3 is 0 Å². The Kier molecular flexibility index (Phi) is 4.98. The average molecular weight is 229 g/mol. The number of hydrogen-bond acceptors (Lipinski definition) is 3. The van der Waals surface area contributed by atoms with E-state index in [1.54, 1.807) is 24.3 Å². The van der Waals surface area contributed by atoms with Crippen LogP contribution in [-0.2, 0) is 4.79 Å². The summed E-state index contributed by atoms with van der Waals surface area (Å²) in [5, 5.41) is 0. The molecule has 4 heteroatoms. The van der Waals surface area contributed by atoms with Gasteiger partial charge in [0.1, 0.15) is 18.1 Å². The Bertz CT molecular complexity index is 308. The maximum absolute atomic E-state index is 10.9. The molecule has 0 aliphatic rings. The highest BCUT2D eigenvalue weighted by atomic mass is 35.5. The molecule has 0 aliphatic heterocycles. The van der Waals surface area contributed by atoms with E-state index < -0.39 is 0 Å². The molecule has 0 bridgehead atoms. The molecule has 0 saturated heterocycles. The van der Waals surface area contributed by atoms with Gasteiger partial charge in [0.15, 0.2) is 5.78 Å². The zero-order chi connectivity index (χ0) is 11.1. The summed E-state index contributed by atoms with van der Waals surface area (Å²) in [4.78, 5) is 10.9.